The van der Waals surface area contributed by atoms with Gasteiger partial charge in [-0.1, -0.05) is 0 Å². The first kappa shape index (κ1) is 21.6. The van der Waals surface area contributed by atoms with Crippen molar-refractivity contribution in [2.24, 2.45) is 0 Å². The first-order chi connectivity index (χ1) is 14.0. The summed E-state index contributed by atoms with van der Waals surface area (Å²) in [5.74, 6) is 0.187. The monoisotopic (exact) mass is 440 g/mol. The number of hydrogen-bond donors (Lipinski definition) is 2. The Hall–Kier alpha value is -3.15. The Labute approximate surface area is 171 Å². The molecule has 0 radical (unpaired) electrons. The maximum atomic E-state index is 12.7. The summed E-state index contributed by atoms with van der Waals surface area (Å²) < 4.78 is 62.8. The van der Waals surface area contributed by atoms with Gasteiger partial charge in [0.2, 0.25) is 5.95 Å². The summed E-state index contributed by atoms with van der Waals surface area (Å²) in [4.78, 5) is 8.25. The van der Waals surface area contributed by atoms with E-state index in [0.29, 0.717) is 17.1 Å². The van der Waals surface area contributed by atoms with Crippen LogP contribution in [0.3, 0.4) is 0 Å². The molecule has 30 heavy (non-hydrogen) atoms. The van der Waals surface area contributed by atoms with Gasteiger partial charge < -0.3 is 10.6 Å². The zero-order valence-electron chi connectivity index (χ0n) is 16.3. The van der Waals surface area contributed by atoms with E-state index >= 15 is 0 Å². The molecule has 0 saturated carbocycles. The molecule has 3 rings (SSSR count). The third kappa shape index (κ3) is 4.87. The van der Waals surface area contributed by atoms with E-state index in [-0.39, 0.29) is 22.2 Å². The number of hydrogen-bond acceptors (Lipinski definition) is 7. The summed E-state index contributed by atoms with van der Waals surface area (Å²) in [5, 5.41) is 9.85. The smallest absolute Gasteiger partial charge is 0.373 e. The van der Waals surface area contributed by atoms with Crippen LogP contribution in [0.4, 0.5) is 30.6 Å². The molecule has 0 aliphatic heterocycles. The molecule has 1 aromatic carbocycles. The molecule has 12 heteroatoms. The predicted molar refractivity (Wildman–Crippen MR) is 106 cm³/mol. The molecular weight excluding hydrogens is 421 g/mol. The van der Waals surface area contributed by atoms with Crippen molar-refractivity contribution in [1.82, 2.24) is 19.7 Å². The van der Waals surface area contributed by atoms with E-state index in [1.807, 2.05) is 0 Å². The van der Waals surface area contributed by atoms with Gasteiger partial charge in [-0.2, -0.15) is 23.3 Å². The number of aromatic nitrogens is 4. The third-order valence-electron chi connectivity index (χ3n) is 4.26. The fraction of sp³-hybridized carbons (Fsp3) is 0.278. The number of nitrogens with one attached hydrogen (secondary N) is 2. The van der Waals surface area contributed by atoms with Gasteiger partial charge in [0, 0.05) is 25.1 Å². The van der Waals surface area contributed by atoms with Crippen molar-refractivity contribution in [3.05, 3.63) is 47.9 Å². The summed E-state index contributed by atoms with van der Waals surface area (Å²) in [6.07, 6.45) is -1.73. The van der Waals surface area contributed by atoms with Crippen LogP contribution < -0.4 is 10.6 Å². The van der Waals surface area contributed by atoms with E-state index in [4.69, 9.17) is 0 Å². The van der Waals surface area contributed by atoms with Crippen molar-refractivity contribution in [1.29, 1.82) is 0 Å². The zero-order valence-corrected chi connectivity index (χ0v) is 17.1. The van der Waals surface area contributed by atoms with Crippen molar-refractivity contribution < 1.29 is 21.6 Å². The SMILES string of the molecule is CNc1nc(Nc2cnn(-c3ccc(S(C)(=O)=O)cc3)c2C)ncc1CC(F)(F)F. The number of sulfone groups is 1. The van der Waals surface area contributed by atoms with Gasteiger partial charge in [-0.3, -0.25) is 0 Å². The van der Waals surface area contributed by atoms with Gasteiger partial charge in [0.15, 0.2) is 9.84 Å². The first-order valence-electron chi connectivity index (χ1n) is 8.70. The van der Waals surface area contributed by atoms with Crippen LogP contribution in [-0.4, -0.2) is 47.6 Å². The number of halogens is 3. The molecule has 0 aliphatic carbocycles. The minimum Gasteiger partial charge on any atom is -0.373 e. The molecule has 2 aromatic heterocycles. The Morgan fingerprint density at radius 3 is 2.37 bits per heavy atom. The van der Waals surface area contributed by atoms with Gasteiger partial charge in [-0.25, -0.2) is 18.1 Å². The number of anilines is 3. The highest BCUT2D eigenvalue weighted by Gasteiger charge is 2.29. The van der Waals surface area contributed by atoms with Gasteiger partial charge in [0.25, 0.3) is 0 Å². The maximum Gasteiger partial charge on any atom is 0.393 e. The molecule has 2 N–H and O–H groups in total. The lowest BCUT2D eigenvalue weighted by Crippen LogP contribution is -2.14. The quantitative estimate of drug-likeness (QED) is 0.607. The summed E-state index contributed by atoms with van der Waals surface area (Å²) >= 11 is 0. The van der Waals surface area contributed by atoms with Crippen LogP contribution in [0.1, 0.15) is 11.3 Å². The number of rotatable bonds is 6. The largest absolute Gasteiger partial charge is 0.393 e. The van der Waals surface area contributed by atoms with Crippen molar-refractivity contribution in [2.45, 2.75) is 24.4 Å². The number of alkyl halides is 3. The normalized spacial score (nSPS) is 12.1. The lowest BCUT2D eigenvalue weighted by Gasteiger charge is -2.12. The minimum atomic E-state index is -4.37. The Kier molecular flexibility index (Phi) is 5.70. The highest BCUT2D eigenvalue weighted by Crippen LogP contribution is 2.27. The molecule has 0 unspecified atom stereocenters. The molecular formula is C18H19F3N6O2S. The maximum absolute atomic E-state index is 12.7. The second-order valence-corrected chi connectivity index (χ2v) is 8.57. The van der Waals surface area contributed by atoms with Crippen LogP contribution in [0.25, 0.3) is 5.69 Å². The fourth-order valence-electron chi connectivity index (χ4n) is 2.78. The highest BCUT2D eigenvalue weighted by atomic mass is 32.2. The van der Waals surface area contributed by atoms with E-state index in [9.17, 15) is 21.6 Å². The van der Waals surface area contributed by atoms with Gasteiger partial charge in [-0.05, 0) is 31.2 Å². The second-order valence-electron chi connectivity index (χ2n) is 6.56. The predicted octanol–water partition coefficient (Wildman–Crippen LogP) is 3.26. The van der Waals surface area contributed by atoms with E-state index < -0.39 is 22.4 Å². The van der Waals surface area contributed by atoms with Crippen LogP contribution in [-0.2, 0) is 16.3 Å². The van der Waals surface area contributed by atoms with Crippen LogP contribution in [0.15, 0.2) is 41.6 Å². The van der Waals surface area contributed by atoms with Crippen molar-refractivity contribution in [3.63, 3.8) is 0 Å². The standard InChI is InChI=1S/C18H19F3N6O2S/c1-11-15(10-24-27(11)13-4-6-14(7-5-13)30(3,28)29)25-17-23-9-12(8-18(19,20)21)16(22-2)26-17/h4-7,9-10H,8H2,1-3H3,(H2,22,23,25,26). The Morgan fingerprint density at radius 1 is 1.13 bits per heavy atom. The van der Waals surface area contributed by atoms with Gasteiger partial charge in [0.1, 0.15) is 5.82 Å². The Balaban J connectivity index is 1.85. The van der Waals surface area contributed by atoms with Gasteiger partial charge in [0.05, 0.1) is 34.6 Å². The van der Waals surface area contributed by atoms with Crippen LogP contribution >= 0.6 is 0 Å². The molecule has 0 spiro atoms. The van der Waals surface area contributed by atoms with Crippen molar-refractivity contribution in [3.8, 4) is 5.69 Å². The molecule has 160 valence electrons. The molecule has 8 nitrogen and oxygen atoms in total. The molecule has 2 heterocycles. The van der Waals surface area contributed by atoms with Gasteiger partial charge >= 0.3 is 6.18 Å². The molecule has 3 aromatic rings. The van der Waals surface area contributed by atoms with E-state index in [0.717, 1.165) is 12.5 Å². The summed E-state index contributed by atoms with van der Waals surface area (Å²) in [5.41, 5.74) is 1.81. The van der Waals surface area contributed by atoms with Gasteiger partial charge in [-0.15, -0.1) is 0 Å². The number of nitrogens with zero attached hydrogens (tertiary/aromatic N) is 4. The van der Waals surface area contributed by atoms with E-state index in [1.165, 1.54) is 25.4 Å². The second kappa shape index (κ2) is 7.94. The van der Waals surface area contributed by atoms with Crippen LogP contribution in [0, 0.1) is 6.92 Å². The van der Waals surface area contributed by atoms with Crippen molar-refractivity contribution in [2.75, 3.05) is 23.9 Å². The molecule has 0 saturated heterocycles. The molecule has 0 fully saturated rings. The lowest BCUT2D eigenvalue weighted by molar-refractivity contribution is -0.127. The topological polar surface area (TPSA) is 102 Å². The summed E-state index contributed by atoms with van der Waals surface area (Å²) in [6, 6.07) is 6.23. The summed E-state index contributed by atoms with van der Waals surface area (Å²) in [7, 11) is -1.82. The zero-order chi connectivity index (χ0) is 22.1. The van der Waals surface area contributed by atoms with E-state index in [1.54, 1.807) is 23.7 Å². The number of benzene rings is 1. The Bertz CT molecular complexity index is 1160. The Morgan fingerprint density at radius 2 is 1.80 bits per heavy atom. The molecule has 0 aliphatic rings. The summed E-state index contributed by atoms with van der Waals surface area (Å²) in [6.45, 7) is 1.77. The van der Waals surface area contributed by atoms with Crippen LogP contribution in [0.5, 0.6) is 0 Å². The average Bonchev–Trinajstić information content (AvgIpc) is 3.01. The lowest BCUT2D eigenvalue weighted by atomic mass is 10.2. The highest BCUT2D eigenvalue weighted by molar-refractivity contribution is 7.90. The molecule has 0 bridgehead atoms. The molecule has 0 atom stereocenters. The first-order valence-corrected chi connectivity index (χ1v) is 10.6. The van der Waals surface area contributed by atoms with Crippen LogP contribution in [0.2, 0.25) is 0 Å². The van der Waals surface area contributed by atoms with E-state index in [2.05, 4.69) is 25.7 Å². The minimum absolute atomic E-state index is 0.0612. The fourth-order valence-corrected chi connectivity index (χ4v) is 3.41. The molecule has 0 amide bonds. The van der Waals surface area contributed by atoms with Crippen molar-refractivity contribution >= 4 is 27.3 Å². The average molecular weight is 440 g/mol. The third-order valence-corrected chi connectivity index (χ3v) is 5.39.